The van der Waals surface area contributed by atoms with E-state index >= 15 is 0 Å². The van der Waals surface area contributed by atoms with Gasteiger partial charge in [-0.05, 0) is 46.0 Å². The minimum absolute atomic E-state index is 0.317. The third-order valence-corrected chi connectivity index (χ3v) is 5.01. The molecule has 0 aromatic rings. The molecule has 7 nitrogen and oxygen atoms in total. The number of allylic oxidation sites excluding steroid dienone is 2. The molecule has 0 bridgehead atoms. The van der Waals surface area contributed by atoms with Crippen molar-refractivity contribution in [1.29, 1.82) is 0 Å². The molecular formula is C23H45N3O4. The number of hydrogen-bond donors (Lipinski definition) is 0. The number of nitrogens with zero attached hydrogens (tertiary/aromatic N) is 3. The molecule has 30 heavy (non-hydrogen) atoms. The molecule has 0 aliphatic carbocycles. The van der Waals surface area contributed by atoms with Crippen LogP contribution in [-0.2, 0) is 14.4 Å². The van der Waals surface area contributed by atoms with E-state index in [1.165, 1.54) is 62.8 Å². The van der Waals surface area contributed by atoms with Crippen molar-refractivity contribution in [2.24, 2.45) is 5.28 Å². The first-order valence-corrected chi connectivity index (χ1v) is 12.0. The van der Waals surface area contributed by atoms with Gasteiger partial charge in [-0.3, -0.25) is 4.79 Å². The zero-order valence-electron chi connectivity index (χ0n) is 19.7. The molecule has 0 saturated heterocycles. The number of carbonyl (C=O) groups is 1. The van der Waals surface area contributed by atoms with Gasteiger partial charge in [-0.1, -0.05) is 70.4 Å². The molecule has 0 aromatic carbocycles. The Bertz CT molecular complexity index is 452. The van der Waals surface area contributed by atoms with Crippen molar-refractivity contribution in [2.75, 3.05) is 19.9 Å². The third kappa shape index (κ3) is 18.3. The third-order valence-electron chi connectivity index (χ3n) is 5.01. The normalized spacial score (nSPS) is 11.8. The van der Waals surface area contributed by atoms with E-state index in [0.717, 1.165) is 25.7 Å². The second-order valence-corrected chi connectivity index (χ2v) is 7.57. The van der Waals surface area contributed by atoms with Crippen LogP contribution < -0.4 is 0 Å². The molecule has 0 radical (unpaired) electrons. The quantitative estimate of drug-likeness (QED) is 0.0388. The van der Waals surface area contributed by atoms with Gasteiger partial charge < -0.3 is 14.8 Å². The molecule has 0 spiro atoms. The van der Waals surface area contributed by atoms with Crippen LogP contribution in [0.5, 0.6) is 0 Å². The Morgan fingerprint density at radius 3 is 1.97 bits per heavy atom. The number of hydrazine groups is 1. The van der Waals surface area contributed by atoms with Gasteiger partial charge in [0.05, 0.1) is 18.1 Å². The van der Waals surface area contributed by atoms with Crippen molar-refractivity contribution >= 4 is 5.97 Å². The second kappa shape index (κ2) is 21.9. The maximum absolute atomic E-state index is 11.6. The molecule has 0 fully saturated rings. The van der Waals surface area contributed by atoms with Crippen LogP contribution in [0, 0.1) is 5.21 Å². The smallest absolute Gasteiger partial charge is 0.308 e. The van der Waals surface area contributed by atoms with Gasteiger partial charge >= 0.3 is 5.97 Å². The molecule has 0 unspecified atom stereocenters. The van der Waals surface area contributed by atoms with Gasteiger partial charge in [-0.2, -0.15) is 0 Å². The maximum Gasteiger partial charge on any atom is 0.308 e. The summed E-state index contributed by atoms with van der Waals surface area (Å²) in [6.45, 7) is 6.68. The lowest BCUT2D eigenvalue weighted by Gasteiger charge is -2.13. The van der Waals surface area contributed by atoms with E-state index in [0.29, 0.717) is 24.5 Å². The Labute approximate surface area is 184 Å². The summed E-state index contributed by atoms with van der Waals surface area (Å²) in [4.78, 5) is 16.7. The summed E-state index contributed by atoms with van der Waals surface area (Å²) in [7, 11) is 0. The fourth-order valence-electron chi connectivity index (χ4n) is 3.09. The van der Waals surface area contributed by atoms with E-state index in [2.05, 4.69) is 24.4 Å². The number of unbranched alkanes of at least 4 members (excludes halogenated alkanes) is 11. The van der Waals surface area contributed by atoms with Crippen LogP contribution >= 0.6 is 0 Å². The number of hydrogen-bond acceptors (Lipinski definition) is 5. The SMILES string of the molecule is CCCCCCCC/C=C\CCCCCCCC(=O)OCO/N=[N+](\[O-])N(CC)CC. The fourth-order valence-corrected chi connectivity index (χ4v) is 3.09. The lowest BCUT2D eigenvalue weighted by Crippen LogP contribution is -2.30. The molecule has 0 rings (SSSR count). The number of ether oxygens (including phenoxy) is 1. The zero-order valence-corrected chi connectivity index (χ0v) is 19.7. The van der Waals surface area contributed by atoms with Gasteiger partial charge in [-0.25, -0.2) is 0 Å². The minimum atomic E-state index is -0.329. The van der Waals surface area contributed by atoms with Gasteiger partial charge in [-0.15, -0.1) is 5.01 Å². The molecule has 0 aromatic heterocycles. The highest BCUT2D eigenvalue weighted by Crippen LogP contribution is 2.10. The highest BCUT2D eigenvalue weighted by Gasteiger charge is 2.07. The van der Waals surface area contributed by atoms with Crippen LogP contribution in [0.1, 0.15) is 111 Å². The summed E-state index contributed by atoms with van der Waals surface area (Å²) in [6, 6.07) is 0. The molecule has 0 N–H and O–H groups in total. The van der Waals surface area contributed by atoms with Crippen molar-refractivity contribution in [2.45, 2.75) is 111 Å². The minimum Gasteiger partial charge on any atom is -0.569 e. The first-order valence-electron chi connectivity index (χ1n) is 12.0. The molecular weight excluding hydrogens is 382 g/mol. The lowest BCUT2D eigenvalue weighted by molar-refractivity contribution is -0.710. The summed E-state index contributed by atoms with van der Waals surface area (Å²) < 4.78 is 4.91. The van der Waals surface area contributed by atoms with Gasteiger partial charge in [0.2, 0.25) is 5.28 Å². The Morgan fingerprint density at radius 2 is 1.40 bits per heavy atom. The van der Waals surface area contributed by atoms with E-state index in [9.17, 15) is 10.0 Å². The monoisotopic (exact) mass is 427 g/mol. The second-order valence-electron chi connectivity index (χ2n) is 7.57. The van der Waals surface area contributed by atoms with Crippen molar-refractivity contribution in [3.8, 4) is 0 Å². The molecule has 0 amide bonds. The predicted octanol–water partition coefficient (Wildman–Crippen LogP) is 6.68. The Balaban J connectivity index is 3.43. The molecule has 0 heterocycles. The molecule has 0 aliphatic heterocycles. The van der Waals surface area contributed by atoms with Crippen LogP contribution in [-0.4, -0.2) is 35.8 Å². The summed E-state index contributed by atoms with van der Waals surface area (Å²) in [5, 5.41) is 16.3. The summed E-state index contributed by atoms with van der Waals surface area (Å²) in [6.07, 6.45) is 20.9. The van der Waals surface area contributed by atoms with E-state index in [1.54, 1.807) is 0 Å². The predicted molar refractivity (Wildman–Crippen MR) is 120 cm³/mol. The Kier molecular flexibility index (Phi) is 20.6. The van der Waals surface area contributed by atoms with Gasteiger partial charge in [0.25, 0.3) is 6.79 Å². The van der Waals surface area contributed by atoms with Crippen molar-refractivity contribution < 1.29 is 19.3 Å². The van der Waals surface area contributed by atoms with E-state index in [-0.39, 0.29) is 12.8 Å². The number of carbonyl (C=O) groups excluding carboxylic acids is 1. The first-order chi connectivity index (χ1) is 14.7. The molecule has 0 saturated carbocycles. The topological polar surface area (TPSA) is 77.2 Å². The maximum atomic E-state index is 11.6. The highest BCUT2D eigenvalue weighted by atomic mass is 16.8. The van der Waals surface area contributed by atoms with Crippen LogP contribution in [0.25, 0.3) is 0 Å². The van der Waals surface area contributed by atoms with Gasteiger partial charge in [0.1, 0.15) is 0 Å². The fraction of sp³-hybridized carbons (Fsp3) is 0.870. The van der Waals surface area contributed by atoms with Crippen LogP contribution in [0.2, 0.25) is 0 Å². The molecule has 7 heteroatoms. The average Bonchev–Trinajstić information content (AvgIpc) is 2.75. The Hall–Kier alpha value is -1.79. The van der Waals surface area contributed by atoms with Crippen LogP contribution in [0.3, 0.4) is 0 Å². The van der Waals surface area contributed by atoms with Gasteiger partial charge in [0.15, 0.2) is 0 Å². The van der Waals surface area contributed by atoms with E-state index < -0.39 is 0 Å². The van der Waals surface area contributed by atoms with Crippen molar-refractivity contribution in [1.82, 2.24) is 5.01 Å². The summed E-state index contributed by atoms with van der Waals surface area (Å²) >= 11 is 0. The number of rotatable bonds is 21. The molecule has 0 aliphatic rings. The summed E-state index contributed by atoms with van der Waals surface area (Å²) in [5.74, 6) is -0.317. The van der Waals surface area contributed by atoms with E-state index in [1.807, 2.05) is 13.8 Å². The summed E-state index contributed by atoms with van der Waals surface area (Å²) in [5.41, 5.74) is 0. The van der Waals surface area contributed by atoms with E-state index in [4.69, 9.17) is 9.57 Å². The number of esters is 1. The van der Waals surface area contributed by atoms with Gasteiger partial charge in [0, 0.05) is 6.42 Å². The molecule has 176 valence electrons. The van der Waals surface area contributed by atoms with Crippen LogP contribution in [0.15, 0.2) is 17.4 Å². The zero-order chi connectivity index (χ0) is 22.3. The highest BCUT2D eigenvalue weighted by molar-refractivity contribution is 5.69. The van der Waals surface area contributed by atoms with Crippen molar-refractivity contribution in [3.05, 3.63) is 17.4 Å². The first kappa shape index (κ1) is 28.2. The van der Waals surface area contributed by atoms with Crippen LogP contribution in [0.4, 0.5) is 0 Å². The lowest BCUT2D eigenvalue weighted by atomic mass is 10.1. The largest absolute Gasteiger partial charge is 0.569 e. The Morgan fingerprint density at radius 1 is 0.867 bits per heavy atom. The average molecular weight is 428 g/mol. The molecule has 0 atom stereocenters. The standard InChI is InChI=1S/C23H45N3O4/c1-4-7-8-9-10-11-12-13-14-15-16-17-18-19-20-21-23(27)29-22-30-24-26(28)25(5-2)6-3/h13-14H,4-12,15-22H2,1-3H3/b14-13-,26-24-. The van der Waals surface area contributed by atoms with Crippen molar-refractivity contribution in [3.63, 3.8) is 0 Å².